The lowest BCUT2D eigenvalue weighted by Crippen LogP contribution is -2.21. The Hall–Kier alpha value is -7.16. The average molecular weight is 799 g/mol. The lowest BCUT2D eigenvalue weighted by atomic mass is 9.75. The molecule has 0 fully saturated rings. The van der Waals surface area contributed by atoms with Crippen LogP contribution in [0, 0.1) is 0 Å². The molecule has 0 unspecified atom stereocenters. The van der Waals surface area contributed by atoms with Gasteiger partial charge >= 0.3 is 0 Å². The Kier molecular flexibility index (Phi) is 10.2. The molecule has 0 heterocycles. The number of hydrogen-bond acceptors (Lipinski definition) is 2. The summed E-state index contributed by atoms with van der Waals surface area (Å²) in [7, 11) is 0. The van der Waals surface area contributed by atoms with Gasteiger partial charge in [-0.25, -0.2) is 0 Å². The van der Waals surface area contributed by atoms with Gasteiger partial charge in [-0.1, -0.05) is 152 Å². The first-order valence-corrected chi connectivity index (χ1v) is 22.5. The molecule has 2 aliphatic carbocycles. The van der Waals surface area contributed by atoms with E-state index in [2.05, 4.69) is 216 Å². The second-order valence-electron chi connectivity index (χ2n) is 16.9. The summed E-state index contributed by atoms with van der Waals surface area (Å²) in [4.78, 5) is 4.99. The molecule has 2 nitrogen and oxygen atoms in total. The van der Waals surface area contributed by atoms with Gasteiger partial charge in [-0.2, -0.15) is 0 Å². The van der Waals surface area contributed by atoms with E-state index in [1.54, 1.807) is 22.3 Å². The number of para-hydroxylation sites is 1. The van der Waals surface area contributed by atoms with Gasteiger partial charge in [-0.15, -0.1) is 0 Å². The van der Waals surface area contributed by atoms with E-state index >= 15 is 0 Å². The Bertz CT molecular complexity index is 2930. The minimum Gasteiger partial charge on any atom is -0.310 e. The zero-order chi connectivity index (χ0) is 41.2. The Morgan fingerprint density at radius 1 is 0.274 bits per heavy atom. The standard InChI is InChI=1S/C60H50N2/c1-4-17-43(18-5-1)44-33-39-51(40-34-44)62(60-56-28-14-12-26-54(56)59(48-20-6-2-7-21-48)55-27-13-15-29-57(55)60)52-41-35-46(36-42-52)45-31-37-50(38-32-45)61(49-23-8-3-9-24-49)58-30-16-22-47-19-10-11-25-53(47)58/h1-11,16-25,30-42H,12-15,26-29H2. The second kappa shape index (κ2) is 16.7. The van der Waals surface area contributed by atoms with Crippen molar-refractivity contribution in [2.45, 2.75) is 51.4 Å². The van der Waals surface area contributed by atoms with Crippen LogP contribution in [0.3, 0.4) is 0 Å². The zero-order valence-electron chi connectivity index (χ0n) is 35.2. The molecule has 0 amide bonds. The summed E-state index contributed by atoms with van der Waals surface area (Å²) in [6, 6.07) is 75.7. The number of nitrogens with zero attached hydrogens (tertiary/aromatic N) is 2. The SMILES string of the molecule is c1ccc(-c2ccc(N(c3ccc(-c4ccc(N(c5ccccc5)c5cccc6ccccc56)cc4)cc3)c3c4c(c(-c5ccccc5)c5c3CCCC5)CCCC4)cc2)cc1. The molecule has 9 aromatic carbocycles. The molecule has 0 radical (unpaired) electrons. The molecule has 0 saturated heterocycles. The lowest BCUT2D eigenvalue weighted by Gasteiger charge is -2.37. The summed E-state index contributed by atoms with van der Waals surface area (Å²) in [5, 5.41) is 2.46. The maximum atomic E-state index is 2.62. The van der Waals surface area contributed by atoms with E-state index in [0.29, 0.717) is 0 Å². The third-order valence-electron chi connectivity index (χ3n) is 13.2. The lowest BCUT2D eigenvalue weighted by molar-refractivity contribution is 0.661. The van der Waals surface area contributed by atoms with E-state index < -0.39 is 0 Å². The van der Waals surface area contributed by atoms with Crippen LogP contribution in [0.15, 0.2) is 206 Å². The number of rotatable bonds is 9. The molecule has 0 N–H and O–H groups in total. The van der Waals surface area contributed by atoms with Gasteiger partial charge in [-0.05, 0) is 167 Å². The predicted molar refractivity (Wildman–Crippen MR) is 263 cm³/mol. The van der Waals surface area contributed by atoms with E-state index in [4.69, 9.17) is 0 Å². The van der Waals surface area contributed by atoms with Gasteiger partial charge in [0.1, 0.15) is 0 Å². The predicted octanol–water partition coefficient (Wildman–Crippen LogP) is 16.5. The summed E-state index contributed by atoms with van der Waals surface area (Å²) in [5.74, 6) is 0. The molecule has 0 bridgehead atoms. The van der Waals surface area contributed by atoms with Crippen molar-refractivity contribution in [1.29, 1.82) is 0 Å². The summed E-state index contributed by atoms with van der Waals surface area (Å²) in [6.07, 6.45) is 9.44. The van der Waals surface area contributed by atoms with Crippen LogP contribution >= 0.6 is 0 Å². The quantitative estimate of drug-likeness (QED) is 0.144. The molecule has 2 aliphatic rings. The van der Waals surface area contributed by atoms with Crippen molar-refractivity contribution in [1.82, 2.24) is 0 Å². The highest BCUT2D eigenvalue weighted by Gasteiger charge is 2.31. The molecule has 0 saturated carbocycles. The molecule has 62 heavy (non-hydrogen) atoms. The summed E-state index contributed by atoms with van der Waals surface area (Å²) < 4.78 is 0. The van der Waals surface area contributed by atoms with Crippen molar-refractivity contribution < 1.29 is 0 Å². The third kappa shape index (κ3) is 7.06. The normalized spacial score (nSPS) is 13.3. The first kappa shape index (κ1) is 37.8. The fraction of sp³-hybridized carbons (Fsp3) is 0.133. The van der Waals surface area contributed by atoms with Crippen LogP contribution in [-0.4, -0.2) is 0 Å². The van der Waals surface area contributed by atoms with Crippen molar-refractivity contribution >= 4 is 44.9 Å². The number of fused-ring (bicyclic) bond motifs is 3. The van der Waals surface area contributed by atoms with Crippen molar-refractivity contribution in [3.63, 3.8) is 0 Å². The van der Waals surface area contributed by atoms with Crippen LogP contribution in [0.4, 0.5) is 34.1 Å². The average Bonchev–Trinajstić information content (AvgIpc) is 3.35. The van der Waals surface area contributed by atoms with Gasteiger partial charge in [0.15, 0.2) is 0 Å². The first-order chi connectivity index (χ1) is 30.8. The van der Waals surface area contributed by atoms with E-state index in [0.717, 1.165) is 37.1 Å². The molecule has 0 aliphatic heterocycles. The minimum atomic E-state index is 1.11. The molecule has 11 rings (SSSR count). The van der Waals surface area contributed by atoms with E-state index in [1.165, 1.54) is 92.6 Å². The van der Waals surface area contributed by atoms with Crippen LogP contribution in [-0.2, 0) is 25.7 Å². The maximum Gasteiger partial charge on any atom is 0.0540 e. The number of anilines is 6. The van der Waals surface area contributed by atoms with Crippen LogP contribution in [0.25, 0.3) is 44.2 Å². The monoisotopic (exact) mass is 798 g/mol. The third-order valence-corrected chi connectivity index (χ3v) is 13.2. The van der Waals surface area contributed by atoms with Crippen molar-refractivity contribution in [2.75, 3.05) is 9.80 Å². The smallest absolute Gasteiger partial charge is 0.0540 e. The molecule has 0 spiro atoms. The van der Waals surface area contributed by atoms with E-state index in [9.17, 15) is 0 Å². The summed E-state index contributed by atoms with van der Waals surface area (Å²) in [5.41, 5.74) is 21.4. The van der Waals surface area contributed by atoms with Crippen LogP contribution in [0.2, 0.25) is 0 Å². The van der Waals surface area contributed by atoms with Crippen LogP contribution < -0.4 is 9.80 Å². The number of benzene rings is 9. The minimum absolute atomic E-state index is 1.11. The molecular formula is C60H50N2. The topological polar surface area (TPSA) is 6.48 Å². The molecule has 2 heteroatoms. The molecule has 9 aromatic rings. The van der Waals surface area contributed by atoms with E-state index in [-0.39, 0.29) is 0 Å². The Labute approximate surface area is 366 Å². The Morgan fingerprint density at radius 3 is 1.19 bits per heavy atom. The molecular weight excluding hydrogens is 749 g/mol. The van der Waals surface area contributed by atoms with Crippen LogP contribution in [0.5, 0.6) is 0 Å². The zero-order valence-corrected chi connectivity index (χ0v) is 35.2. The van der Waals surface area contributed by atoms with Gasteiger partial charge in [0, 0.05) is 28.1 Å². The summed E-state index contributed by atoms with van der Waals surface area (Å²) in [6.45, 7) is 0. The fourth-order valence-corrected chi connectivity index (χ4v) is 10.3. The highest BCUT2D eigenvalue weighted by Crippen LogP contribution is 2.50. The summed E-state index contributed by atoms with van der Waals surface area (Å²) >= 11 is 0. The highest BCUT2D eigenvalue weighted by atomic mass is 15.2. The van der Waals surface area contributed by atoms with Crippen molar-refractivity contribution in [3.05, 3.63) is 229 Å². The molecule has 0 atom stereocenters. The Balaban J connectivity index is 1.01. The van der Waals surface area contributed by atoms with Gasteiger partial charge < -0.3 is 9.80 Å². The Morgan fingerprint density at radius 2 is 0.661 bits per heavy atom. The molecule has 300 valence electrons. The number of hydrogen-bond donors (Lipinski definition) is 0. The molecule has 0 aromatic heterocycles. The van der Waals surface area contributed by atoms with Crippen LogP contribution in [0.1, 0.15) is 47.9 Å². The highest BCUT2D eigenvalue weighted by molar-refractivity contribution is 5.99. The second-order valence-corrected chi connectivity index (χ2v) is 16.9. The maximum absolute atomic E-state index is 2.62. The van der Waals surface area contributed by atoms with Gasteiger partial charge in [-0.3, -0.25) is 0 Å². The van der Waals surface area contributed by atoms with Gasteiger partial charge in [0.25, 0.3) is 0 Å². The van der Waals surface area contributed by atoms with Crippen molar-refractivity contribution in [2.24, 2.45) is 0 Å². The van der Waals surface area contributed by atoms with Gasteiger partial charge in [0.2, 0.25) is 0 Å². The van der Waals surface area contributed by atoms with Gasteiger partial charge in [0.05, 0.1) is 11.4 Å². The largest absolute Gasteiger partial charge is 0.310 e. The van der Waals surface area contributed by atoms with Crippen molar-refractivity contribution in [3.8, 4) is 33.4 Å². The fourth-order valence-electron chi connectivity index (χ4n) is 10.3. The van der Waals surface area contributed by atoms with E-state index in [1.807, 2.05) is 0 Å². The first-order valence-electron chi connectivity index (χ1n) is 22.5.